The van der Waals surface area contributed by atoms with E-state index in [2.05, 4.69) is 55.0 Å². The number of nitrogens with one attached hydrogen (secondary N) is 8. The Balaban J connectivity index is 1.50. The minimum absolute atomic E-state index is 0.000679. The van der Waals surface area contributed by atoms with E-state index in [0.717, 1.165) is 37.7 Å². The van der Waals surface area contributed by atoms with Crippen molar-refractivity contribution >= 4 is 95.1 Å². The first kappa shape index (κ1) is 62.4. The number of likely N-dealkylation sites (tertiary alicyclic amines) is 1. The highest BCUT2D eigenvalue weighted by molar-refractivity contribution is 7.82. The van der Waals surface area contributed by atoms with Crippen LogP contribution in [-0.2, 0) is 73.6 Å². The zero-order chi connectivity index (χ0) is 56.6. The Kier molecular flexibility index (Phi) is 25.8. The van der Waals surface area contributed by atoms with Crippen LogP contribution in [0.25, 0.3) is 0 Å². The zero-order valence-corrected chi connectivity index (χ0v) is 45.4. The van der Waals surface area contributed by atoms with Crippen molar-refractivity contribution in [2.24, 2.45) is 34.0 Å². The van der Waals surface area contributed by atoms with Gasteiger partial charge in [0.2, 0.25) is 53.2 Å². The number of aliphatic imine (C=N–C) groups is 1. The van der Waals surface area contributed by atoms with Crippen molar-refractivity contribution in [2.75, 3.05) is 13.1 Å². The molecule has 2 aromatic carbocycles. The van der Waals surface area contributed by atoms with Crippen LogP contribution in [0, 0.1) is 11.8 Å². The lowest BCUT2D eigenvalue weighted by molar-refractivity contribution is -0.142. The van der Waals surface area contributed by atoms with Crippen molar-refractivity contribution in [3.8, 4) is 0 Å². The molecule has 1 heterocycles. The highest BCUT2D eigenvalue weighted by atomic mass is 32.1. The summed E-state index contributed by atoms with van der Waals surface area (Å²) in [6.07, 6.45) is 5.88. The van der Waals surface area contributed by atoms with E-state index >= 15 is 0 Å². The maximum Gasteiger partial charge on any atom is 0.257 e. The van der Waals surface area contributed by atoms with Crippen molar-refractivity contribution in [1.29, 1.82) is 0 Å². The van der Waals surface area contributed by atoms with E-state index in [4.69, 9.17) is 29.4 Å². The number of hydrogen-bond acceptors (Lipinski definition) is 13. The lowest BCUT2D eigenvalue weighted by Gasteiger charge is -2.30. The van der Waals surface area contributed by atoms with Crippen LogP contribution in [0.15, 0.2) is 65.7 Å². The Morgan fingerprint density at radius 3 is 1.83 bits per heavy atom. The number of guanidine groups is 1. The second-order valence-corrected chi connectivity index (χ2v) is 20.2. The van der Waals surface area contributed by atoms with Crippen molar-refractivity contribution in [3.63, 3.8) is 0 Å². The van der Waals surface area contributed by atoms with Crippen LogP contribution < -0.4 is 59.1 Å². The topological polar surface area (TPSA) is 361 Å². The molecule has 420 valence electrons. The highest BCUT2D eigenvalue weighted by Crippen LogP contribution is 2.26. The number of rotatable bonds is 27. The zero-order valence-electron chi connectivity index (χ0n) is 43.8. The van der Waals surface area contributed by atoms with E-state index in [0.29, 0.717) is 18.4 Å². The van der Waals surface area contributed by atoms with Gasteiger partial charge in [-0.15, -0.1) is 0 Å². The number of hydrogen-bond donors (Lipinski definition) is 11. The SMILES string of the molecule is CC[C@H](C)[C@H](NC(=O)[C@H](Cc1ccccc1)NC(=O)[C@@H](Cc1ccccc1)NC(=O)CC1CCCCC1)C(=O)N[C@@H](CC(N)=O)C(=O)N[C@@H](C)C(=O)N1CCC[C@H]1C(=O)N[C@@H](CCCN=C(N)N)C(=O)NC(=S)C(=O)N[S-]. The van der Waals surface area contributed by atoms with Gasteiger partial charge < -0.3 is 76.9 Å². The lowest BCUT2D eigenvalue weighted by atomic mass is 9.87. The molecule has 1 saturated heterocycles. The minimum atomic E-state index is -1.64. The summed E-state index contributed by atoms with van der Waals surface area (Å²) in [5.74, 6) is -8.18. The number of amides is 10. The number of primary amides is 1. The van der Waals surface area contributed by atoms with Crippen molar-refractivity contribution < 1.29 is 47.9 Å². The van der Waals surface area contributed by atoms with E-state index in [1.165, 1.54) is 11.8 Å². The summed E-state index contributed by atoms with van der Waals surface area (Å²) < 4.78 is 1.88. The van der Waals surface area contributed by atoms with Crippen LogP contribution in [0.4, 0.5) is 0 Å². The first-order valence-corrected chi connectivity index (χ1v) is 26.8. The fourth-order valence-corrected chi connectivity index (χ4v) is 9.51. The standard InChI is InChI=1S/C52H74N13O10S2/c1-4-30(2)42(62-46(71)37(27-33-18-10-6-11-19-33)60-45(70)36(26-32-16-8-5-9-17-32)58-41(67)28-34-20-12-7-13-21-34)48(73)61-38(29-40(53)66)44(69)57-31(3)51(75)65-25-15-23-39(65)47(72)59-35(22-14-24-56-52(54)55)43(68)63-50(76)49(74)64-77/h5-6,8-11,16-19,30-31,34-39,42H,4,7,12-15,20-29H2,1-3H3,(H14-,53,54,55,56,57,58,59,60,61,62,63,64,66,67,68,69,70,71,72,73,74,76,77)/q-1/t30-,31-,35-,36+,37-,38-,39-,42-/m0/s1. The van der Waals surface area contributed by atoms with Crippen LogP contribution in [0.5, 0.6) is 0 Å². The fourth-order valence-electron chi connectivity index (χ4n) is 9.19. The smallest absolute Gasteiger partial charge is 0.257 e. The molecule has 14 N–H and O–H groups in total. The lowest BCUT2D eigenvalue weighted by Crippen LogP contribution is -2.61. The van der Waals surface area contributed by atoms with Crippen LogP contribution in [0.3, 0.4) is 0 Å². The molecule has 0 aromatic heterocycles. The number of thiocarbonyl (C=S) groups is 1. The number of benzene rings is 2. The predicted molar refractivity (Wildman–Crippen MR) is 293 cm³/mol. The van der Waals surface area contributed by atoms with Crippen LogP contribution in [-0.4, -0.2) is 130 Å². The van der Waals surface area contributed by atoms with Gasteiger partial charge in [0.05, 0.1) is 6.42 Å². The molecule has 23 nitrogen and oxygen atoms in total. The molecule has 0 radical (unpaired) electrons. The molecule has 8 atom stereocenters. The molecule has 1 aliphatic carbocycles. The Morgan fingerprint density at radius 2 is 1.26 bits per heavy atom. The first-order valence-electron chi connectivity index (χ1n) is 26.0. The predicted octanol–water partition coefficient (Wildman–Crippen LogP) is -0.641. The molecule has 4 rings (SSSR count). The van der Waals surface area contributed by atoms with E-state index < -0.39 is 113 Å². The number of carbonyl (C=O) groups excluding carboxylic acids is 10. The quantitative estimate of drug-likeness (QED) is 0.0174. The Bertz CT molecular complexity index is 2430. The van der Waals surface area contributed by atoms with Crippen molar-refractivity contribution in [2.45, 2.75) is 153 Å². The van der Waals surface area contributed by atoms with Gasteiger partial charge in [0, 0.05) is 32.4 Å². The fraction of sp³-hybridized carbons (Fsp3) is 0.538. The van der Waals surface area contributed by atoms with E-state index in [-0.39, 0.29) is 69.4 Å². The molecular weight excluding hydrogens is 1030 g/mol. The summed E-state index contributed by atoms with van der Waals surface area (Å²) in [5.41, 5.74) is 17.8. The van der Waals surface area contributed by atoms with Gasteiger partial charge in [-0.05, 0) is 68.4 Å². The molecule has 0 unspecified atom stereocenters. The number of nitrogens with two attached hydrogens (primary N) is 3. The normalized spacial score (nSPS) is 17.0. The summed E-state index contributed by atoms with van der Waals surface area (Å²) in [6, 6.07) is 9.10. The molecule has 2 aromatic rings. The average molecular weight is 1110 g/mol. The summed E-state index contributed by atoms with van der Waals surface area (Å²) in [4.78, 5) is 140. The Labute approximate surface area is 459 Å². The van der Waals surface area contributed by atoms with Gasteiger partial charge in [0.25, 0.3) is 5.91 Å². The second kappa shape index (κ2) is 31.8. The summed E-state index contributed by atoms with van der Waals surface area (Å²) >= 11 is 9.42. The van der Waals surface area contributed by atoms with Gasteiger partial charge >= 0.3 is 0 Å². The Morgan fingerprint density at radius 1 is 0.688 bits per heavy atom. The Hall–Kier alpha value is -7.15. The van der Waals surface area contributed by atoms with Gasteiger partial charge in [0.1, 0.15) is 42.3 Å². The van der Waals surface area contributed by atoms with Gasteiger partial charge in [-0.2, -0.15) is 0 Å². The van der Waals surface area contributed by atoms with E-state index in [9.17, 15) is 47.9 Å². The van der Waals surface area contributed by atoms with E-state index in [1.54, 1.807) is 44.2 Å². The van der Waals surface area contributed by atoms with Gasteiger partial charge in [0.15, 0.2) is 10.9 Å². The molecule has 2 fully saturated rings. The molecule has 0 spiro atoms. The third-order valence-corrected chi connectivity index (χ3v) is 14.0. The van der Waals surface area contributed by atoms with Crippen LogP contribution >= 0.6 is 12.2 Å². The van der Waals surface area contributed by atoms with Crippen LogP contribution in [0.2, 0.25) is 0 Å². The van der Waals surface area contributed by atoms with Gasteiger partial charge in [-0.25, -0.2) is 0 Å². The maximum absolute atomic E-state index is 14.5. The average Bonchev–Trinajstić information content (AvgIpc) is 3.91. The molecule has 10 amide bonds. The number of carbonyl (C=O) groups is 10. The summed E-state index contributed by atoms with van der Waals surface area (Å²) in [5, 5.41) is 18.4. The molecule has 25 heteroatoms. The number of nitrogens with zero attached hydrogens (tertiary/aromatic N) is 2. The second-order valence-electron chi connectivity index (χ2n) is 19.6. The van der Waals surface area contributed by atoms with Gasteiger partial charge in [-0.3, -0.25) is 52.9 Å². The largest absolute Gasteiger partial charge is 0.667 e. The highest BCUT2D eigenvalue weighted by Gasteiger charge is 2.40. The van der Waals surface area contributed by atoms with Crippen LogP contribution in [0.1, 0.15) is 109 Å². The molecule has 2 aliphatic rings. The molecule has 1 aliphatic heterocycles. The minimum Gasteiger partial charge on any atom is -0.667 e. The third kappa shape index (κ3) is 20.7. The summed E-state index contributed by atoms with van der Waals surface area (Å²) in [7, 11) is 0. The third-order valence-electron chi connectivity index (χ3n) is 13.6. The van der Waals surface area contributed by atoms with Crippen molar-refractivity contribution in [3.05, 3.63) is 71.8 Å². The molecule has 0 bridgehead atoms. The first-order chi connectivity index (χ1) is 36.7. The maximum atomic E-state index is 14.5. The summed E-state index contributed by atoms with van der Waals surface area (Å²) in [6.45, 7) is 5.01. The molecule has 1 saturated carbocycles. The van der Waals surface area contributed by atoms with Gasteiger partial charge in [-0.1, -0.05) is 112 Å². The molecular formula is C52H74N13O10S2-. The molecule has 77 heavy (non-hydrogen) atoms. The van der Waals surface area contributed by atoms with Crippen molar-refractivity contribution in [1.82, 2.24) is 46.8 Å². The monoisotopic (exact) mass is 1100 g/mol. The van der Waals surface area contributed by atoms with E-state index in [1.807, 2.05) is 35.1 Å².